The number of alkyl halides is 1. The van der Waals surface area contributed by atoms with Crippen molar-refractivity contribution in [1.29, 1.82) is 0 Å². The van der Waals surface area contributed by atoms with Crippen LogP contribution in [0.1, 0.15) is 26.7 Å². The van der Waals surface area contributed by atoms with Crippen LogP contribution < -0.4 is 0 Å². The highest BCUT2D eigenvalue weighted by molar-refractivity contribution is 9.10. The van der Waals surface area contributed by atoms with E-state index in [0.29, 0.717) is 13.2 Å². The molecule has 0 aliphatic heterocycles. The van der Waals surface area contributed by atoms with E-state index in [4.69, 9.17) is 4.74 Å². The molecular formula is C10H18BrNO3. The highest BCUT2D eigenvalue weighted by atomic mass is 79.9. The maximum absolute atomic E-state index is 11.6. The zero-order chi connectivity index (χ0) is 11.8. The van der Waals surface area contributed by atoms with Gasteiger partial charge in [-0.15, -0.1) is 0 Å². The summed E-state index contributed by atoms with van der Waals surface area (Å²) in [5.74, 6) is -0.262. The first kappa shape index (κ1) is 14.4. The number of ether oxygens (including phenoxy) is 1. The normalized spacial score (nSPS) is 12.0. The van der Waals surface area contributed by atoms with Gasteiger partial charge in [-0.05, 0) is 13.3 Å². The Balaban J connectivity index is 3.87. The molecule has 1 amide bonds. The second-order valence-corrected chi connectivity index (χ2v) is 4.30. The summed E-state index contributed by atoms with van der Waals surface area (Å²) < 4.78 is 4.77. The smallest absolute Gasteiger partial charge is 0.307 e. The number of rotatable bonds is 6. The summed E-state index contributed by atoms with van der Waals surface area (Å²) in [4.78, 5) is 24.0. The van der Waals surface area contributed by atoms with Crippen LogP contribution in [0.5, 0.6) is 0 Å². The van der Waals surface area contributed by atoms with Gasteiger partial charge in [0.1, 0.15) is 0 Å². The highest BCUT2D eigenvalue weighted by Crippen LogP contribution is 2.08. The van der Waals surface area contributed by atoms with Crippen LogP contribution in [0.4, 0.5) is 0 Å². The Morgan fingerprint density at radius 3 is 2.47 bits per heavy atom. The van der Waals surface area contributed by atoms with Gasteiger partial charge in [-0.2, -0.15) is 0 Å². The van der Waals surface area contributed by atoms with E-state index in [1.54, 1.807) is 18.9 Å². The van der Waals surface area contributed by atoms with Gasteiger partial charge < -0.3 is 9.64 Å². The van der Waals surface area contributed by atoms with Crippen molar-refractivity contribution in [1.82, 2.24) is 4.90 Å². The minimum absolute atomic E-state index is 0.00167. The summed E-state index contributed by atoms with van der Waals surface area (Å²) in [6.07, 6.45) is 0.988. The molecule has 0 aromatic rings. The summed E-state index contributed by atoms with van der Waals surface area (Å²) in [5, 5.41) is 0. The molecule has 0 radical (unpaired) electrons. The maximum Gasteiger partial charge on any atom is 0.307 e. The van der Waals surface area contributed by atoms with E-state index in [9.17, 15) is 9.59 Å². The van der Waals surface area contributed by atoms with Crippen molar-refractivity contribution >= 4 is 27.8 Å². The predicted octanol–water partition coefficient (Wildman–Crippen LogP) is 1.57. The quantitative estimate of drug-likeness (QED) is 0.548. The fourth-order valence-electron chi connectivity index (χ4n) is 1.02. The number of halogens is 1. The van der Waals surface area contributed by atoms with E-state index in [2.05, 4.69) is 15.9 Å². The fraction of sp³-hybridized carbons (Fsp3) is 0.800. The van der Waals surface area contributed by atoms with Crippen molar-refractivity contribution in [3.8, 4) is 0 Å². The van der Waals surface area contributed by atoms with Crippen LogP contribution in [-0.2, 0) is 14.3 Å². The largest absolute Gasteiger partial charge is 0.466 e. The molecule has 0 spiro atoms. The van der Waals surface area contributed by atoms with Crippen LogP contribution in [0.3, 0.4) is 0 Å². The van der Waals surface area contributed by atoms with Crippen LogP contribution in [-0.4, -0.2) is 41.8 Å². The number of hydrogen-bond donors (Lipinski definition) is 0. The molecule has 1 unspecified atom stereocenters. The molecule has 15 heavy (non-hydrogen) atoms. The average molecular weight is 280 g/mol. The van der Waals surface area contributed by atoms with Crippen molar-refractivity contribution < 1.29 is 14.3 Å². The van der Waals surface area contributed by atoms with Gasteiger partial charge in [0.05, 0.1) is 17.9 Å². The Bertz CT molecular complexity index is 221. The second-order valence-electron chi connectivity index (χ2n) is 3.19. The molecule has 0 N–H and O–H groups in total. The molecular weight excluding hydrogens is 262 g/mol. The summed E-state index contributed by atoms with van der Waals surface area (Å²) in [7, 11) is 1.69. The number of carbonyl (C=O) groups excluding carboxylic acids is 2. The molecule has 0 saturated carbocycles. The number of nitrogens with zero attached hydrogens (tertiary/aromatic N) is 1. The van der Waals surface area contributed by atoms with Crippen molar-refractivity contribution in [3.63, 3.8) is 0 Å². The molecule has 0 saturated heterocycles. The van der Waals surface area contributed by atoms with Crippen molar-refractivity contribution in [3.05, 3.63) is 0 Å². The van der Waals surface area contributed by atoms with Gasteiger partial charge in [0.15, 0.2) is 0 Å². The number of esters is 1. The van der Waals surface area contributed by atoms with Gasteiger partial charge in [-0.1, -0.05) is 22.9 Å². The molecule has 88 valence electrons. The van der Waals surface area contributed by atoms with E-state index in [1.807, 2.05) is 6.92 Å². The first-order valence-electron chi connectivity index (χ1n) is 5.07. The monoisotopic (exact) mass is 279 g/mol. The first-order chi connectivity index (χ1) is 7.02. The second kappa shape index (κ2) is 7.68. The van der Waals surface area contributed by atoms with Crippen molar-refractivity contribution in [2.75, 3.05) is 20.2 Å². The molecule has 1 atom stereocenters. The van der Waals surface area contributed by atoms with Crippen LogP contribution in [0.2, 0.25) is 0 Å². The molecule has 0 rings (SSSR count). The molecule has 0 heterocycles. The third kappa shape index (κ3) is 5.77. The van der Waals surface area contributed by atoms with Crippen LogP contribution >= 0.6 is 15.9 Å². The van der Waals surface area contributed by atoms with Gasteiger partial charge in [-0.3, -0.25) is 9.59 Å². The van der Waals surface area contributed by atoms with Crippen molar-refractivity contribution in [2.45, 2.75) is 31.5 Å². The molecule has 0 fully saturated rings. The Morgan fingerprint density at radius 2 is 2.00 bits per heavy atom. The van der Waals surface area contributed by atoms with E-state index in [1.165, 1.54) is 0 Å². The summed E-state index contributed by atoms with van der Waals surface area (Å²) in [6, 6.07) is 0. The molecule has 0 bridgehead atoms. The SMILES string of the molecule is CCOC(=O)CCN(C)C(=O)C(Br)CC. The van der Waals surface area contributed by atoms with E-state index in [0.717, 1.165) is 6.42 Å². The maximum atomic E-state index is 11.6. The molecule has 0 aromatic heterocycles. The summed E-state index contributed by atoms with van der Waals surface area (Å²) >= 11 is 3.27. The molecule has 0 aliphatic rings. The minimum Gasteiger partial charge on any atom is -0.466 e. The Labute approximate surface area is 99.1 Å². The van der Waals surface area contributed by atoms with Crippen LogP contribution in [0.15, 0.2) is 0 Å². The number of amides is 1. The van der Waals surface area contributed by atoms with E-state index < -0.39 is 0 Å². The fourth-order valence-corrected chi connectivity index (χ4v) is 1.37. The standard InChI is InChI=1S/C10H18BrNO3/c1-4-8(11)10(14)12(3)7-6-9(13)15-5-2/h8H,4-7H2,1-3H3. The third-order valence-electron chi connectivity index (χ3n) is 1.96. The minimum atomic E-state index is -0.264. The zero-order valence-electron chi connectivity index (χ0n) is 9.46. The van der Waals surface area contributed by atoms with Gasteiger partial charge >= 0.3 is 5.97 Å². The topological polar surface area (TPSA) is 46.6 Å². The first-order valence-corrected chi connectivity index (χ1v) is 5.99. The van der Waals surface area contributed by atoms with Crippen LogP contribution in [0, 0.1) is 0 Å². The summed E-state index contributed by atoms with van der Waals surface area (Å²) in [6.45, 7) is 4.47. The Morgan fingerprint density at radius 1 is 1.40 bits per heavy atom. The summed E-state index contributed by atoms with van der Waals surface area (Å²) in [5.41, 5.74) is 0. The molecule has 0 aliphatic carbocycles. The number of hydrogen-bond acceptors (Lipinski definition) is 3. The Hall–Kier alpha value is -0.580. The Kier molecular flexibility index (Phi) is 7.38. The predicted molar refractivity (Wildman–Crippen MR) is 61.9 cm³/mol. The molecule has 5 heteroatoms. The van der Waals surface area contributed by atoms with E-state index in [-0.39, 0.29) is 23.1 Å². The lowest BCUT2D eigenvalue weighted by Crippen LogP contribution is -2.34. The lowest BCUT2D eigenvalue weighted by atomic mass is 10.3. The number of carbonyl (C=O) groups is 2. The van der Waals surface area contributed by atoms with Gasteiger partial charge in [0, 0.05) is 13.6 Å². The molecule has 0 aromatic carbocycles. The van der Waals surface area contributed by atoms with E-state index >= 15 is 0 Å². The lowest BCUT2D eigenvalue weighted by molar-refractivity contribution is -0.143. The average Bonchev–Trinajstić information content (AvgIpc) is 2.24. The third-order valence-corrected chi connectivity index (χ3v) is 3.00. The highest BCUT2D eigenvalue weighted by Gasteiger charge is 2.17. The van der Waals surface area contributed by atoms with Gasteiger partial charge in [0.25, 0.3) is 0 Å². The molecule has 4 nitrogen and oxygen atoms in total. The lowest BCUT2D eigenvalue weighted by Gasteiger charge is -2.19. The van der Waals surface area contributed by atoms with Gasteiger partial charge in [0.2, 0.25) is 5.91 Å². The van der Waals surface area contributed by atoms with Gasteiger partial charge in [-0.25, -0.2) is 0 Å². The zero-order valence-corrected chi connectivity index (χ0v) is 11.0. The van der Waals surface area contributed by atoms with Crippen LogP contribution in [0.25, 0.3) is 0 Å². The van der Waals surface area contributed by atoms with Crippen molar-refractivity contribution in [2.24, 2.45) is 0 Å².